The number of allylic oxidation sites excluding steroid dienone is 1. The van der Waals surface area contributed by atoms with E-state index in [1.165, 1.54) is 24.3 Å². The van der Waals surface area contributed by atoms with Gasteiger partial charge in [-0.05, 0) is 18.4 Å². The SMILES string of the molecule is C=CCCC(OCc1ccccc1)(c1nnc(-c2nc(OSC(F)(F)F)c(C(F)(F)F)cc2[N+](=O)[O-])o1)C(F)(F)F. The molecule has 2 aromatic heterocycles. The maximum absolute atomic E-state index is 14.5. The number of halogens is 9. The molecule has 0 saturated heterocycles. The fraction of sp³-hybridized carbons (Fsp3) is 0.318. The van der Waals surface area contributed by atoms with Gasteiger partial charge in [-0.25, -0.2) is 0 Å². The summed E-state index contributed by atoms with van der Waals surface area (Å²) in [4.78, 5) is 13.2. The van der Waals surface area contributed by atoms with Gasteiger partial charge >= 0.3 is 23.5 Å². The van der Waals surface area contributed by atoms with Gasteiger partial charge in [0.15, 0.2) is 12.0 Å². The lowest BCUT2D eigenvalue weighted by molar-refractivity contribution is -0.384. The van der Waals surface area contributed by atoms with Gasteiger partial charge in [-0.1, -0.05) is 36.4 Å². The highest BCUT2D eigenvalue weighted by atomic mass is 32.2. The Morgan fingerprint density at radius 2 is 1.71 bits per heavy atom. The summed E-state index contributed by atoms with van der Waals surface area (Å²) in [7, 11) is 0. The topological polar surface area (TPSA) is 113 Å². The molecule has 0 bridgehead atoms. The van der Waals surface area contributed by atoms with Crippen LogP contribution in [0, 0.1) is 10.1 Å². The monoisotopic (exact) mass is 618 g/mol. The zero-order valence-electron chi connectivity index (χ0n) is 20.0. The van der Waals surface area contributed by atoms with E-state index in [9.17, 15) is 49.6 Å². The van der Waals surface area contributed by atoms with Crippen LogP contribution in [-0.2, 0) is 23.1 Å². The second kappa shape index (κ2) is 11.9. The van der Waals surface area contributed by atoms with Crippen LogP contribution < -0.4 is 4.18 Å². The molecule has 3 rings (SSSR count). The molecular formula is C22H15F9N4O5S. The van der Waals surface area contributed by atoms with Crippen LogP contribution in [0.5, 0.6) is 5.88 Å². The summed E-state index contributed by atoms with van der Waals surface area (Å²) in [5, 5.41) is 18.1. The van der Waals surface area contributed by atoms with Crippen molar-refractivity contribution in [3.8, 4) is 17.5 Å². The van der Waals surface area contributed by atoms with Crippen molar-refractivity contribution in [2.75, 3.05) is 0 Å². The Hall–Kier alpha value is -3.87. The van der Waals surface area contributed by atoms with Crippen molar-refractivity contribution in [1.29, 1.82) is 0 Å². The van der Waals surface area contributed by atoms with E-state index in [-0.39, 0.29) is 12.5 Å². The minimum atomic E-state index is -5.49. The zero-order chi connectivity index (χ0) is 30.6. The molecule has 1 aromatic carbocycles. The Morgan fingerprint density at radius 1 is 1.05 bits per heavy atom. The number of aromatic nitrogens is 3. The number of rotatable bonds is 11. The van der Waals surface area contributed by atoms with E-state index in [2.05, 4.69) is 25.9 Å². The highest BCUT2D eigenvalue weighted by Crippen LogP contribution is 2.48. The average Bonchev–Trinajstić information content (AvgIpc) is 3.36. The van der Waals surface area contributed by atoms with Gasteiger partial charge in [0.1, 0.15) is 5.56 Å². The van der Waals surface area contributed by atoms with Crippen LogP contribution in [0.25, 0.3) is 11.6 Å². The molecule has 0 radical (unpaired) electrons. The van der Waals surface area contributed by atoms with Crippen molar-refractivity contribution in [3.63, 3.8) is 0 Å². The third kappa shape index (κ3) is 7.46. The molecule has 19 heteroatoms. The molecule has 222 valence electrons. The van der Waals surface area contributed by atoms with Crippen molar-refractivity contribution < 1.29 is 57.8 Å². The van der Waals surface area contributed by atoms with E-state index >= 15 is 0 Å². The summed E-state index contributed by atoms with van der Waals surface area (Å²) in [5.74, 6) is -4.33. The summed E-state index contributed by atoms with van der Waals surface area (Å²) in [6.07, 6.45) is -10.8. The van der Waals surface area contributed by atoms with Gasteiger partial charge in [0.2, 0.25) is 17.2 Å². The quantitative estimate of drug-likeness (QED) is 0.0707. The van der Waals surface area contributed by atoms with Crippen molar-refractivity contribution >= 4 is 17.7 Å². The largest absolute Gasteiger partial charge is 0.479 e. The fourth-order valence-corrected chi connectivity index (χ4v) is 3.59. The maximum Gasteiger partial charge on any atom is 0.479 e. The Balaban J connectivity index is 2.18. The first-order valence-electron chi connectivity index (χ1n) is 10.9. The van der Waals surface area contributed by atoms with E-state index in [0.29, 0.717) is 5.56 Å². The maximum atomic E-state index is 14.5. The first-order valence-corrected chi connectivity index (χ1v) is 11.6. The van der Waals surface area contributed by atoms with Gasteiger partial charge in [-0.15, -0.1) is 16.8 Å². The van der Waals surface area contributed by atoms with Gasteiger partial charge in [0.05, 0.1) is 11.5 Å². The van der Waals surface area contributed by atoms with Crippen LogP contribution in [0.15, 0.2) is 53.5 Å². The standard InChI is InChI=1S/C22H15F9N4O5S/c1-2-3-9-19(21(26,27)28,38-11-12-7-5-4-6-8-12)18-34-33-17(39-18)15-14(35(36)37)10-13(20(23,24)25)16(32-15)40-41-22(29,30)31/h2,4-8,10H,1,3,9,11H2. The number of nitro groups is 1. The number of alkyl halides is 9. The minimum Gasteiger partial charge on any atom is -0.415 e. The smallest absolute Gasteiger partial charge is 0.415 e. The number of ether oxygens (including phenoxy) is 1. The van der Waals surface area contributed by atoms with Gasteiger partial charge in [0.25, 0.3) is 11.8 Å². The number of benzene rings is 1. The van der Waals surface area contributed by atoms with E-state index in [1.54, 1.807) is 6.07 Å². The molecule has 0 aliphatic heterocycles. The van der Waals surface area contributed by atoms with E-state index in [1.807, 2.05) is 0 Å². The Kier molecular flexibility index (Phi) is 9.21. The molecular weight excluding hydrogens is 603 g/mol. The van der Waals surface area contributed by atoms with E-state index in [0.717, 1.165) is 6.08 Å². The lowest BCUT2D eigenvalue weighted by atomic mass is 9.96. The van der Waals surface area contributed by atoms with Gasteiger partial charge < -0.3 is 13.3 Å². The summed E-state index contributed by atoms with van der Waals surface area (Å²) < 4.78 is 136. The molecule has 1 unspecified atom stereocenters. The zero-order valence-corrected chi connectivity index (χ0v) is 20.8. The van der Waals surface area contributed by atoms with Crippen LogP contribution in [0.4, 0.5) is 45.2 Å². The predicted molar refractivity (Wildman–Crippen MR) is 122 cm³/mol. The molecule has 2 heterocycles. The second-order valence-corrected chi connectivity index (χ2v) is 8.71. The Labute approximate surface area is 227 Å². The second-order valence-electron chi connectivity index (χ2n) is 7.91. The normalized spacial score (nSPS) is 14.0. The molecule has 0 amide bonds. The molecule has 41 heavy (non-hydrogen) atoms. The fourth-order valence-electron chi connectivity index (χ4n) is 3.29. The number of pyridine rings is 1. The lowest BCUT2D eigenvalue weighted by Gasteiger charge is -2.32. The Bertz CT molecular complexity index is 1380. The molecule has 0 aliphatic carbocycles. The van der Waals surface area contributed by atoms with Gasteiger partial charge in [-0.3, -0.25) is 10.1 Å². The molecule has 1 atom stereocenters. The van der Waals surface area contributed by atoms with Crippen LogP contribution in [0.1, 0.15) is 29.9 Å². The highest BCUT2D eigenvalue weighted by Gasteiger charge is 2.61. The van der Waals surface area contributed by atoms with Gasteiger partial charge in [0, 0.05) is 6.07 Å². The summed E-state index contributed by atoms with van der Waals surface area (Å²) in [6.45, 7) is 2.71. The molecule has 0 saturated carbocycles. The van der Waals surface area contributed by atoms with Crippen LogP contribution in [-0.4, -0.2) is 31.8 Å². The lowest BCUT2D eigenvalue weighted by Crippen LogP contribution is -2.45. The van der Waals surface area contributed by atoms with Gasteiger partial charge in [-0.2, -0.15) is 44.5 Å². The minimum absolute atomic E-state index is 0.223. The average molecular weight is 618 g/mol. The van der Waals surface area contributed by atoms with Crippen molar-refractivity contribution in [3.05, 3.63) is 76.2 Å². The summed E-state index contributed by atoms with van der Waals surface area (Å²) in [6, 6.07) is 7.31. The highest BCUT2D eigenvalue weighted by molar-refractivity contribution is 7.95. The number of hydrogen-bond donors (Lipinski definition) is 0. The molecule has 9 nitrogen and oxygen atoms in total. The predicted octanol–water partition coefficient (Wildman–Crippen LogP) is 7.55. The molecule has 0 N–H and O–H groups in total. The first-order chi connectivity index (χ1) is 19.0. The van der Waals surface area contributed by atoms with E-state index in [4.69, 9.17) is 9.15 Å². The third-order valence-electron chi connectivity index (χ3n) is 5.14. The third-order valence-corrected chi connectivity index (χ3v) is 5.57. The molecule has 0 aliphatic rings. The number of hydrogen-bond acceptors (Lipinski definition) is 9. The molecule has 0 fully saturated rings. The Morgan fingerprint density at radius 3 is 2.24 bits per heavy atom. The van der Waals surface area contributed by atoms with E-state index < -0.39 is 88.1 Å². The van der Waals surface area contributed by atoms with Crippen molar-refractivity contribution in [2.24, 2.45) is 0 Å². The van der Waals surface area contributed by atoms with Crippen LogP contribution in [0.3, 0.4) is 0 Å². The van der Waals surface area contributed by atoms with Crippen molar-refractivity contribution in [1.82, 2.24) is 15.2 Å². The number of nitrogens with zero attached hydrogens (tertiary/aromatic N) is 4. The van der Waals surface area contributed by atoms with Crippen LogP contribution in [0.2, 0.25) is 0 Å². The summed E-state index contributed by atoms with van der Waals surface area (Å²) in [5.41, 5.74) is -13.2. The first kappa shape index (κ1) is 31.7. The molecule has 0 spiro atoms. The molecule has 3 aromatic rings. The van der Waals surface area contributed by atoms with Crippen molar-refractivity contribution in [2.45, 2.75) is 42.9 Å². The van der Waals surface area contributed by atoms with Crippen LogP contribution >= 0.6 is 12.0 Å². The summed E-state index contributed by atoms with van der Waals surface area (Å²) >= 11 is -1.42.